The summed E-state index contributed by atoms with van der Waals surface area (Å²) in [5, 5.41) is 10.1. The van der Waals surface area contributed by atoms with Crippen LogP contribution in [0.2, 0.25) is 0 Å². The summed E-state index contributed by atoms with van der Waals surface area (Å²) in [4.78, 5) is 27.7. The summed E-state index contributed by atoms with van der Waals surface area (Å²) < 4.78 is 13.8. The van der Waals surface area contributed by atoms with E-state index < -0.39 is 6.29 Å². The van der Waals surface area contributed by atoms with E-state index >= 15 is 0 Å². The van der Waals surface area contributed by atoms with Crippen molar-refractivity contribution in [3.63, 3.8) is 0 Å². The molecule has 1 N–H and O–H groups in total. The van der Waals surface area contributed by atoms with Crippen molar-refractivity contribution in [2.75, 3.05) is 26.3 Å². The molecule has 34 heavy (non-hydrogen) atoms. The van der Waals surface area contributed by atoms with Crippen LogP contribution in [0.5, 0.6) is 0 Å². The number of likely N-dealkylation sites (tertiary alicyclic amines) is 1. The molecule has 0 saturated carbocycles. The molecule has 0 spiro atoms. The smallest absolute Gasteiger partial charge is 0.288 e. The Morgan fingerprint density at radius 2 is 1.82 bits per heavy atom. The number of unbranched alkanes of at least 4 members (excludes halogenated alkanes) is 1. The molecule has 7 nitrogen and oxygen atoms in total. The van der Waals surface area contributed by atoms with Crippen molar-refractivity contribution in [1.82, 2.24) is 9.47 Å². The van der Waals surface area contributed by atoms with Crippen LogP contribution >= 0.6 is 0 Å². The normalized spacial score (nSPS) is 21.5. The van der Waals surface area contributed by atoms with E-state index in [1.807, 2.05) is 41.4 Å². The fraction of sp³-hybridized carbons (Fsp3) is 0.556. The van der Waals surface area contributed by atoms with E-state index in [2.05, 4.69) is 0 Å². The molecule has 0 unspecified atom stereocenters. The van der Waals surface area contributed by atoms with Crippen molar-refractivity contribution in [3.8, 4) is 0 Å². The van der Waals surface area contributed by atoms with E-state index in [0.717, 1.165) is 61.7 Å². The highest BCUT2D eigenvalue weighted by Crippen LogP contribution is 2.37. The van der Waals surface area contributed by atoms with Crippen LogP contribution in [-0.4, -0.2) is 59.0 Å². The highest BCUT2D eigenvalue weighted by Gasteiger charge is 2.32. The third kappa shape index (κ3) is 5.70. The number of nitrogens with zero attached hydrogens (tertiary/aromatic N) is 2. The first kappa shape index (κ1) is 24.5. The summed E-state index contributed by atoms with van der Waals surface area (Å²) in [6.07, 6.45) is 10.7. The van der Waals surface area contributed by atoms with Crippen LogP contribution < -0.4 is 0 Å². The van der Waals surface area contributed by atoms with Crippen LogP contribution in [0.4, 0.5) is 0 Å². The zero-order valence-electron chi connectivity index (χ0n) is 20.1. The maximum atomic E-state index is 13.5. The standard InChI is InChI=1S/C27H36N2O5/c1-20(31)29-19-23(22-11-5-6-12-24(22)29)21-17-25(34-26(18-21)33-16-10-9-15-30)27(32)28-13-7-3-2-4-8-14-28/h5-6,11-12,17,19,21,26,30H,2-4,7-10,13-16,18H2,1H3/t21-,26+/m0/s1. The van der Waals surface area contributed by atoms with Gasteiger partial charge in [-0.2, -0.15) is 0 Å². The van der Waals surface area contributed by atoms with Gasteiger partial charge in [0.2, 0.25) is 12.2 Å². The van der Waals surface area contributed by atoms with E-state index in [4.69, 9.17) is 14.6 Å². The van der Waals surface area contributed by atoms with Crippen LogP contribution in [-0.2, 0) is 14.3 Å². The van der Waals surface area contributed by atoms with Gasteiger partial charge in [-0.1, -0.05) is 37.5 Å². The number of ether oxygens (including phenoxy) is 2. The molecule has 0 aliphatic carbocycles. The molecule has 2 aliphatic heterocycles. The Morgan fingerprint density at radius 3 is 2.56 bits per heavy atom. The minimum atomic E-state index is -0.554. The SMILES string of the molecule is CC(=O)n1cc([C@H]2C=C(C(=O)N3CCCCCCC3)O[C@@H](OCCCCO)C2)c2ccccc21. The number of carbonyl (C=O) groups is 2. The monoisotopic (exact) mass is 468 g/mol. The van der Waals surface area contributed by atoms with Crippen molar-refractivity contribution < 1.29 is 24.2 Å². The zero-order valence-corrected chi connectivity index (χ0v) is 20.1. The Hall–Kier alpha value is -2.64. The lowest BCUT2D eigenvalue weighted by Crippen LogP contribution is -2.38. The second kappa shape index (κ2) is 11.7. The lowest BCUT2D eigenvalue weighted by molar-refractivity contribution is -0.153. The third-order valence-electron chi connectivity index (χ3n) is 6.75. The number of hydrogen-bond donors (Lipinski definition) is 1. The molecule has 1 aromatic heterocycles. The summed E-state index contributed by atoms with van der Waals surface area (Å²) in [5.41, 5.74) is 1.86. The second-order valence-corrected chi connectivity index (χ2v) is 9.27. The van der Waals surface area contributed by atoms with E-state index in [1.54, 1.807) is 11.5 Å². The summed E-state index contributed by atoms with van der Waals surface area (Å²) in [7, 11) is 0. The molecule has 184 valence electrons. The van der Waals surface area contributed by atoms with Crippen LogP contribution in [0.15, 0.2) is 42.3 Å². The van der Waals surface area contributed by atoms with Gasteiger partial charge in [0.15, 0.2) is 5.76 Å². The number of hydrogen-bond acceptors (Lipinski definition) is 5. The van der Waals surface area contributed by atoms with Gasteiger partial charge in [-0.25, -0.2) is 0 Å². The van der Waals surface area contributed by atoms with Gasteiger partial charge in [0.1, 0.15) is 0 Å². The number of carbonyl (C=O) groups excluding carboxylic acids is 2. The number of para-hydroxylation sites is 1. The molecule has 1 fully saturated rings. The number of aliphatic hydroxyl groups is 1. The van der Waals surface area contributed by atoms with Gasteiger partial charge in [0.25, 0.3) is 5.91 Å². The molecule has 2 aromatic rings. The highest BCUT2D eigenvalue weighted by molar-refractivity contribution is 5.95. The van der Waals surface area contributed by atoms with Gasteiger partial charge >= 0.3 is 0 Å². The number of benzene rings is 1. The van der Waals surface area contributed by atoms with Gasteiger partial charge in [-0.15, -0.1) is 0 Å². The Bertz CT molecular complexity index is 1020. The minimum absolute atomic E-state index is 0.0489. The predicted molar refractivity (Wildman–Crippen MR) is 130 cm³/mol. The van der Waals surface area contributed by atoms with E-state index in [9.17, 15) is 9.59 Å². The lowest BCUT2D eigenvalue weighted by Gasteiger charge is -2.32. The topological polar surface area (TPSA) is 81.0 Å². The molecule has 4 rings (SSSR count). The number of allylic oxidation sites excluding steroid dienone is 1. The van der Waals surface area contributed by atoms with Gasteiger partial charge in [0.05, 0.1) is 12.1 Å². The molecule has 0 radical (unpaired) electrons. The maximum Gasteiger partial charge on any atom is 0.288 e. The van der Waals surface area contributed by atoms with Crippen LogP contribution in [0.1, 0.15) is 74.6 Å². The molecule has 1 saturated heterocycles. The maximum absolute atomic E-state index is 13.5. The summed E-state index contributed by atoms with van der Waals surface area (Å²) >= 11 is 0. The van der Waals surface area contributed by atoms with E-state index in [1.165, 1.54) is 6.42 Å². The van der Waals surface area contributed by atoms with Crippen LogP contribution in [0, 0.1) is 0 Å². The van der Waals surface area contributed by atoms with E-state index in [-0.39, 0.29) is 24.3 Å². The number of amides is 1. The summed E-state index contributed by atoms with van der Waals surface area (Å²) in [6, 6.07) is 7.85. The Labute approximate surface area is 201 Å². The Balaban J connectivity index is 1.64. The summed E-state index contributed by atoms with van der Waals surface area (Å²) in [5.74, 6) is 0.0949. The number of rotatable bonds is 7. The third-order valence-corrected chi connectivity index (χ3v) is 6.75. The van der Waals surface area contributed by atoms with Gasteiger partial charge in [-0.05, 0) is 43.4 Å². The first-order chi connectivity index (χ1) is 16.6. The molecular formula is C27H36N2O5. The second-order valence-electron chi connectivity index (χ2n) is 9.27. The molecular weight excluding hydrogens is 432 g/mol. The lowest BCUT2D eigenvalue weighted by atomic mass is 9.92. The van der Waals surface area contributed by atoms with Crippen molar-refractivity contribution >= 4 is 22.7 Å². The highest BCUT2D eigenvalue weighted by atomic mass is 16.7. The van der Waals surface area contributed by atoms with Crippen molar-refractivity contribution in [2.45, 2.75) is 70.5 Å². The zero-order chi connectivity index (χ0) is 23.9. The Morgan fingerprint density at radius 1 is 1.09 bits per heavy atom. The first-order valence-corrected chi connectivity index (χ1v) is 12.6. The van der Waals surface area contributed by atoms with Crippen molar-refractivity contribution in [1.29, 1.82) is 0 Å². The fourth-order valence-electron chi connectivity index (χ4n) is 4.92. The average Bonchev–Trinajstić information content (AvgIpc) is 3.21. The van der Waals surface area contributed by atoms with Crippen LogP contribution in [0.25, 0.3) is 10.9 Å². The van der Waals surface area contributed by atoms with Gasteiger partial charge in [-0.3, -0.25) is 14.2 Å². The van der Waals surface area contributed by atoms with Crippen molar-refractivity contribution in [3.05, 3.63) is 47.9 Å². The fourth-order valence-corrected chi connectivity index (χ4v) is 4.92. The molecule has 0 bridgehead atoms. The quantitative estimate of drug-likeness (QED) is 0.601. The van der Waals surface area contributed by atoms with Gasteiger partial charge < -0.3 is 19.5 Å². The Kier molecular flexibility index (Phi) is 8.40. The van der Waals surface area contributed by atoms with Crippen LogP contribution in [0.3, 0.4) is 0 Å². The molecule has 1 amide bonds. The van der Waals surface area contributed by atoms with Crippen molar-refractivity contribution in [2.24, 2.45) is 0 Å². The first-order valence-electron chi connectivity index (χ1n) is 12.6. The minimum Gasteiger partial charge on any atom is -0.459 e. The average molecular weight is 469 g/mol. The van der Waals surface area contributed by atoms with E-state index in [0.29, 0.717) is 25.2 Å². The number of aromatic nitrogens is 1. The summed E-state index contributed by atoms with van der Waals surface area (Å²) in [6.45, 7) is 3.63. The predicted octanol–water partition coefficient (Wildman–Crippen LogP) is 4.60. The number of aliphatic hydroxyl groups excluding tert-OH is 1. The molecule has 1 aromatic carbocycles. The number of fused-ring (bicyclic) bond motifs is 1. The molecule has 3 heterocycles. The molecule has 2 atom stereocenters. The molecule has 7 heteroatoms. The largest absolute Gasteiger partial charge is 0.459 e. The van der Waals surface area contributed by atoms with Gasteiger partial charge in [0, 0.05) is 50.5 Å². The molecule has 2 aliphatic rings.